The molecule has 1 fully saturated rings. The number of thiazole rings is 1. The van der Waals surface area contributed by atoms with Gasteiger partial charge in [-0.1, -0.05) is 29.8 Å². The summed E-state index contributed by atoms with van der Waals surface area (Å²) in [5, 5.41) is 8.84. The lowest BCUT2D eigenvalue weighted by molar-refractivity contribution is -0.122. The lowest BCUT2D eigenvalue weighted by Crippen LogP contribution is -2.46. The van der Waals surface area contributed by atoms with Crippen LogP contribution in [0.25, 0.3) is 9.88 Å². The number of para-hydroxylation sites is 1. The van der Waals surface area contributed by atoms with Gasteiger partial charge in [0.05, 0.1) is 27.9 Å². The first kappa shape index (κ1) is 22.0. The van der Waals surface area contributed by atoms with Crippen molar-refractivity contribution in [2.45, 2.75) is 25.3 Å². The summed E-state index contributed by atoms with van der Waals surface area (Å²) in [6.07, 6.45) is 1.94. The van der Waals surface area contributed by atoms with E-state index < -0.39 is 0 Å². The quantitative estimate of drug-likeness (QED) is 0.535. The summed E-state index contributed by atoms with van der Waals surface area (Å²) in [6, 6.07) is 13.4. The van der Waals surface area contributed by atoms with Crippen LogP contribution in [0, 0.1) is 0 Å². The fourth-order valence-electron chi connectivity index (χ4n) is 3.53. The number of thiophene rings is 1. The maximum Gasteiger partial charge on any atom is 0.238 e. The molecule has 0 atom stereocenters. The van der Waals surface area contributed by atoms with Gasteiger partial charge in [0.15, 0.2) is 0 Å². The van der Waals surface area contributed by atoms with Gasteiger partial charge < -0.3 is 10.6 Å². The largest absolute Gasteiger partial charge is 0.353 e. The van der Waals surface area contributed by atoms with Gasteiger partial charge in [-0.25, -0.2) is 4.98 Å². The molecular formula is C22H23ClN4O2S2. The van der Waals surface area contributed by atoms with Gasteiger partial charge in [0.2, 0.25) is 11.8 Å². The predicted octanol–water partition coefficient (Wildman–Crippen LogP) is 4.29. The van der Waals surface area contributed by atoms with Crippen LogP contribution < -0.4 is 10.6 Å². The average molecular weight is 475 g/mol. The lowest BCUT2D eigenvalue weighted by atomic mass is 10.0. The third-order valence-corrected chi connectivity index (χ3v) is 7.35. The van der Waals surface area contributed by atoms with Gasteiger partial charge in [-0.15, -0.1) is 22.7 Å². The second-order valence-electron chi connectivity index (χ2n) is 7.46. The highest BCUT2D eigenvalue weighted by molar-refractivity contribution is 7.23. The van der Waals surface area contributed by atoms with Gasteiger partial charge in [-0.2, -0.15) is 0 Å². The van der Waals surface area contributed by atoms with E-state index in [2.05, 4.69) is 20.5 Å². The third kappa shape index (κ3) is 6.36. The molecule has 4 rings (SSSR count). The number of nitrogens with zero attached hydrogens (tertiary/aromatic N) is 2. The van der Waals surface area contributed by atoms with Crippen molar-refractivity contribution in [3.8, 4) is 9.88 Å². The maximum absolute atomic E-state index is 12.5. The molecule has 3 heterocycles. The molecule has 162 valence electrons. The first-order chi connectivity index (χ1) is 15.0. The first-order valence-electron chi connectivity index (χ1n) is 10.1. The molecule has 0 radical (unpaired) electrons. The second-order valence-corrected chi connectivity index (χ2v) is 10.0. The molecule has 0 spiro atoms. The van der Waals surface area contributed by atoms with Crippen molar-refractivity contribution < 1.29 is 9.59 Å². The zero-order valence-electron chi connectivity index (χ0n) is 16.8. The first-order valence-corrected chi connectivity index (χ1v) is 12.2. The number of anilines is 1. The summed E-state index contributed by atoms with van der Waals surface area (Å²) in [4.78, 5) is 32.4. The molecule has 6 nitrogen and oxygen atoms in total. The molecule has 3 aromatic rings. The summed E-state index contributed by atoms with van der Waals surface area (Å²) in [7, 11) is 0. The number of benzene rings is 1. The highest BCUT2D eigenvalue weighted by Crippen LogP contribution is 2.33. The highest BCUT2D eigenvalue weighted by Gasteiger charge is 2.22. The Morgan fingerprint density at radius 1 is 1.10 bits per heavy atom. The van der Waals surface area contributed by atoms with Crippen LogP contribution >= 0.6 is 34.3 Å². The number of hydrogen-bond acceptors (Lipinski definition) is 6. The Hall–Kier alpha value is -2.26. The number of piperidine rings is 1. The number of amides is 2. The summed E-state index contributed by atoms with van der Waals surface area (Å²) in [6.45, 7) is 1.93. The minimum Gasteiger partial charge on any atom is -0.353 e. The molecule has 2 amide bonds. The average Bonchev–Trinajstić information content (AvgIpc) is 3.39. The standard InChI is InChI=1S/C22H23ClN4O2S2/c23-19-7-6-18(31-19)22-26-17(14-30-22)12-20(28)24-16-8-10-27(11-9-16)13-21(29)25-15-4-2-1-3-5-15/h1-7,14,16H,8-13H2,(H,24,28)(H,25,29). The van der Waals surface area contributed by atoms with Crippen LogP contribution in [0.15, 0.2) is 47.8 Å². The van der Waals surface area contributed by atoms with E-state index in [4.69, 9.17) is 11.6 Å². The minimum atomic E-state index is -0.0138. The highest BCUT2D eigenvalue weighted by atomic mass is 35.5. The normalized spacial score (nSPS) is 15.0. The maximum atomic E-state index is 12.5. The van der Waals surface area contributed by atoms with Crippen LogP contribution in [0.1, 0.15) is 18.5 Å². The van der Waals surface area contributed by atoms with E-state index in [0.717, 1.165) is 51.5 Å². The number of hydrogen-bond donors (Lipinski definition) is 2. The van der Waals surface area contributed by atoms with E-state index in [-0.39, 0.29) is 24.3 Å². The summed E-state index contributed by atoms with van der Waals surface area (Å²) < 4.78 is 0.730. The van der Waals surface area contributed by atoms with Crippen molar-refractivity contribution in [1.29, 1.82) is 0 Å². The van der Waals surface area contributed by atoms with Gasteiger partial charge in [0.1, 0.15) is 5.01 Å². The monoisotopic (exact) mass is 474 g/mol. The Kier molecular flexibility index (Phi) is 7.34. The van der Waals surface area contributed by atoms with Gasteiger partial charge in [0.25, 0.3) is 0 Å². The predicted molar refractivity (Wildman–Crippen MR) is 127 cm³/mol. The molecule has 2 N–H and O–H groups in total. The summed E-state index contributed by atoms with van der Waals surface area (Å²) >= 11 is 9.00. The molecule has 31 heavy (non-hydrogen) atoms. The van der Waals surface area contributed by atoms with Gasteiger partial charge in [0, 0.05) is 30.2 Å². The Morgan fingerprint density at radius 2 is 1.87 bits per heavy atom. The number of aromatic nitrogens is 1. The fourth-order valence-corrected chi connectivity index (χ4v) is 5.47. The number of carbonyl (C=O) groups excluding carboxylic acids is 2. The molecule has 9 heteroatoms. The van der Waals surface area contributed by atoms with Crippen LogP contribution in [0.3, 0.4) is 0 Å². The molecule has 1 aliphatic heterocycles. The number of rotatable bonds is 7. The van der Waals surface area contributed by atoms with Crippen LogP contribution in [-0.4, -0.2) is 47.4 Å². The molecule has 2 aromatic heterocycles. The van der Waals surface area contributed by atoms with Crippen molar-refractivity contribution in [2.75, 3.05) is 25.0 Å². The molecule has 0 bridgehead atoms. The summed E-state index contributed by atoms with van der Waals surface area (Å²) in [5.41, 5.74) is 1.58. The van der Waals surface area contributed by atoms with E-state index in [0.29, 0.717) is 6.54 Å². The number of carbonyl (C=O) groups is 2. The molecule has 1 aliphatic rings. The Balaban J connectivity index is 1.19. The van der Waals surface area contributed by atoms with E-state index in [1.165, 1.54) is 22.7 Å². The van der Waals surface area contributed by atoms with E-state index >= 15 is 0 Å². The lowest BCUT2D eigenvalue weighted by Gasteiger charge is -2.31. The van der Waals surface area contributed by atoms with Crippen molar-refractivity contribution in [2.24, 2.45) is 0 Å². The molecule has 0 unspecified atom stereocenters. The Bertz CT molecular complexity index is 1030. The van der Waals surface area contributed by atoms with E-state index in [1.54, 1.807) is 0 Å². The zero-order valence-corrected chi connectivity index (χ0v) is 19.2. The van der Waals surface area contributed by atoms with Crippen molar-refractivity contribution in [3.05, 3.63) is 57.9 Å². The van der Waals surface area contributed by atoms with E-state index in [9.17, 15) is 9.59 Å². The molecule has 0 saturated carbocycles. The van der Waals surface area contributed by atoms with Crippen LogP contribution in [0.2, 0.25) is 4.34 Å². The molecular weight excluding hydrogens is 452 g/mol. The topological polar surface area (TPSA) is 74.3 Å². The van der Waals surface area contributed by atoms with Crippen LogP contribution in [-0.2, 0) is 16.0 Å². The van der Waals surface area contributed by atoms with E-state index in [1.807, 2.05) is 47.8 Å². The second kappa shape index (κ2) is 10.4. The van der Waals surface area contributed by atoms with Crippen LogP contribution in [0.4, 0.5) is 5.69 Å². The van der Waals surface area contributed by atoms with Crippen molar-refractivity contribution >= 4 is 51.8 Å². The van der Waals surface area contributed by atoms with Crippen molar-refractivity contribution in [1.82, 2.24) is 15.2 Å². The zero-order chi connectivity index (χ0) is 21.6. The molecule has 1 aromatic carbocycles. The van der Waals surface area contributed by atoms with Crippen LogP contribution in [0.5, 0.6) is 0 Å². The SMILES string of the molecule is O=C(CN1CCC(NC(=O)Cc2csc(-c3ccc(Cl)s3)n2)CC1)Nc1ccccc1. The van der Waals surface area contributed by atoms with Gasteiger partial charge in [-0.05, 0) is 37.1 Å². The minimum absolute atomic E-state index is 0.0127. The smallest absolute Gasteiger partial charge is 0.238 e. The Labute approximate surface area is 194 Å². The number of nitrogens with one attached hydrogen (secondary N) is 2. The third-order valence-electron chi connectivity index (χ3n) is 5.05. The molecule has 1 saturated heterocycles. The van der Waals surface area contributed by atoms with Crippen molar-refractivity contribution in [3.63, 3.8) is 0 Å². The van der Waals surface area contributed by atoms with Gasteiger partial charge >= 0.3 is 0 Å². The number of halogens is 1. The fraction of sp³-hybridized carbons (Fsp3) is 0.318. The Morgan fingerprint density at radius 3 is 2.58 bits per heavy atom. The number of likely N-dealkylation sites (tertiary alicyclic amines) is 1. The molecule has 0 aliphatic carbocycles. The summed E-state index contributed by atoms with van der Waals surface area (Å²) in [5.74, 6) is -0.0265. The van der Waals surface area contributed by atoms with Gasteiger partial charge in [-0.3, -0.25) is 14.5 Å².